The summed E-state index contributed by atoms with van der Waals surface area (Å²) in [6.07, 6.45) is 1.15. The summed E-state index contributed by atoms with van der Waals surface area (Å²) in [5.74, 6) is 0. The van der Waals surface area contributed by atoms with Crippen LogP contribution in [0, 0.1) is 11.3 Å². The van der Waals surface area contributed by atoms with Crippen molar-refractivity contribution in [1.82, 2.24) is 9.78 Å². The highest BCUT2D eigenvalue weighted by atomic mass is 35.5. The molecule has 6 nitrogen and oxygen atoms in total. The van der Waals surface area contributed by atoms with Gasteiger partial charge in [0.2, 0.25) is 0 Å². The van der Waals surface area contributed by atoms with Crippen LogP contribution >= 0.6 is 11.6 Å². The Labute approximate surface area is 162 Å². The average molecular weight is 402 g/mol. The molecule has 0 unspecified atom stereocenters. The number of sulfone groups is 1. The minimum atomic E-state index is -3.31. The molecule has 1 aromatic heterocycles. The fourth-order valence-electron chi connectivity index (χ4n) is 2.84. The maximum Gasteiger partial charge on any atom is 0.175 e. The summed E-state index contributed by atoms with van der Waals surface area (Å²) in [7, 11) is -3.31. The lowest BCUT2D eigenvalue weighted by molar-refractivity contribution is 0.270. The maximum absolute atomic E-state index is 11.7. The molecular formula is C19H16ClN3O3S. The molecule has 0 bridgehead atoms. The molecule has 0 aliphatic rings. The Balaban J connectivity index is 2.22. The Morgan fingerprint density at radius 3 is 2.22 bits per heavy atom. The van der Waals surface area contributed by atoms with E-state index in [1.165, 1.54) is 16.8 Å². The minimum absolute atomic E-state index is 0.0160. The van der Waals surface area contributed by atoms with Crippen LogP contribution in [0.25, 0.3) is 22.4 Å². The smallest absolute Gasteiger partial charge is 0.175 e. The van der Waals surface area contributed by atoms with Crippen LogP contribution in [0.1, 0.15) is 5.69 Å². The molecule has 0 saturated carbocycles. The summed E-state index contributed by atoms with van der Waals surface area (Å²) >= 11 is 5.97. The van der Waals surface area contributed by atoms with E-state index in [1.807, 2.05) is 18.2 Å². The third-order valence-electron chi connectivity index (χ3n) is 4.12. The summed E-state index contributed by atoms with van der Waals surface area (Å²) in [6.45, 7) is -0.314. The number of nitrogens with zero attached hydrogens (tertiary/aromatic N) is 3. The van der Waals surface area contributed by atoms with Gasteiger partial charge in [0.05, 0.1) is 23.3 Å². The molecule has 0 atom stereocenters. The quantitative estimate of drug-likeness (QED) is 0.707. The fourth-order valence-corrected chi connectivity index (χ4v) is 3.59. The zero-order valence-electron chi connectivity index (χ0n) is 14.4. The first-order valence-electron chi connectivity index (χ1n) is 7.99. The number of hydrogen-bond acceptors (Lipinski definition) is 5. The first kappa shape index (κ1) is 19.1. The van der Waals surface area contributed by atoms with E-state index in [1.54, 1.807) is 24.3 Å². The number of halogens is 1. The van der Waals surface area contributed by atoms with Crippen LogP contribution in [0.4, 0.5) is 0 Å². The van der Waals surface area contributed by atoms with E-state index in [0.29, 0.717) is 27.5 Å². The van der Waals surface area contributed by atoms with Crippen LogP contribution < -0.4 is 0 Å². The highest BCUT2D eigenvalue weighted by molar-refractivity contribution is 7.90. The largest absolute Gasteiger partial charge is 0.390 e. The van der Waals surface area contributed by atoms with Gasteiger partial charge in [0, 0.05) is 22.4 Å². The van der Waals surface area contributed by atoms with Gasteiger partial charge in [-0.1, -0.05) is 35.9 Å². The molecule has 0 saturated heterocycles. The number of hydrogen-bond donors (Lipinski definition) is 1. The number of aliphatic hydroxyl groups excluding tert-OH is 1. The molecule has 8 heteroatoms. The second-order valence-electron chi connectivity index (χ2n) is 5.95. The predicted octanol–water partition coefficient (Wildman–Crippen LogP) is 3.29. The Morgan fingerprint density at radius 2 is 1.70 bits per heavy atom. The Bertz CT molecular complexity index is 1110. The molecule has 0 amide bonds. The number of benzene rings is 2. The molecule has 138 valence electrons. The highest BCUT2D eigenvalue weighted by Crippen LogP contribution is 2.35. The summed E-state index contributed by atoms with van der Waals surface area (Å²) < 4.78 is 24.8. The minimum Gasteiger partial charge on any atom is -0.390 e. The van der Waals surface area contributed by atoms with E-state index >= 15 is 0 Å². The van der Waals surface area contributed by atoms with Crippen molar-refractivity contribution >= 4 is 21.4 Å². The van der Waals surface area contributed by atoms with Crippen LogP contribution in [-0.4, -0.2) is 29.6 Å². The molecule has 1 N–H and O–H groups in total. The van der Waals surface area contributed by atoms with Crippen molar-refractivity contribution < 1.29 is 13.5 Å². The molecule has 0 fully saturated rings. The van der Waals surface area contributed by atoms with E-state index < -0.39 is 9.84 Å². The molecule has 1 heterocycles. The molecule has 3 aromatic rings. The van der Waals surface area contributed by atoms with Gasteiger partial charge in [-0.25, -0.2) is 8.42 Å². The van der Waals surface area contributed by atoms with E-state index in [9.17, 15) is 13.5 Å². The van der Waals surface area contributed by atoms with Crippen LogP contribution in [0.3, 0.4) is 0 Å². The number of nitriles is 1. The second-order valence-corrected chi connectivity index (χ2v) is 8.40. The van der Waals surface area contributed by atoms with Crippen molar-refractivity contribution in [2.24, 2.45) is 0 Å². The lowest BCUT2D eigenvalue weighted by Gasteiger charge is -2.07. The summed E-state index contributed by atoms with van der Waals surface area (Å²) in [4.78, 5) is 0.207. The van der Waals surface area contributed by atoms with Gasteiger partial charge in [-0.15, -0.1) is 0 Å². The van der Waals surface area contributed by atoms with Gasteiger partial charge in [0.25, 0.3) is 0 Å². The van der Waals surface area contributed by atoms with E-state index in [-0.39, 0.29) is 18.0 Å². The molecule has 0 spiro atoms. The van der Waals surface area contributed by atoms with Crippen molar-refractivity contribution in [1.29, 1.82) is 5.26 Å². The first-order valence-corrected chi connectivity index (χ1v) is 10.3. The molecule has 27 heavy (non-hydrogen) atoms. The SMILES string of the molecule is CS(=O)(=O)c1ccc(-c2nn(CC#N)c(CO)c2-c2ccc(Cl)cc2)cc1. The van der Waals surface area contributed by atoms with Crippen molar-refractivity contribution in [2.45, 2.75) is 18.0 Å². The van der Waals surface area contributed by atoms with Crippen molar-refractivity contribution in [3.63, 3.8) is 0 Å². The van der Waals surface area contributed by atoms with Gasteiger partial charge in [-0.3, -0.25) is 4.68 Å². The molecular weight excluding hydrogens is 386 g/mol. The molecule has 0 aliphatic heterocycles. The van der Waals surface area contributed by atoms with Gasteiger partial charge in [0.1, 0.15) is 12.2 Å². The third kappa shape index (κ3) is 3.88. The third-order valence-corrected chi connectivity index (χ3v) is 5.50. The standard InChI is InChI=1S/C19H16ClN3O3S/c1-27(25,26)16-8-4-14(5-9-16)19-18(13-2-6-15(20)7-3-13)17(12-24)23(22-19)11-10-21/h2-9,24H,11-12H2,1H3. The van der Waals surface area contributed by atoms with Crippen LogP contribution in [0.5, 0.6) is 0 Å². The van der Waals surface area contributed by atoms with E-state index in [4.69, 9.17) is 16.9 Å². The van der Waals surface area contributed by atoms with Crippen LogP contribution in [-0.2, 0) is 23.0 Å². The zero-order chi connectivity index (χ0) is 19.6. The Morgan fingerprint density at radius 1 is 1.11 bits per heavy atom. The predicted molar refractivity (Wildman–Crippen MR) is 103 cm³/mol. The van der Waals surface area contributed by atoms with Gasteiger partial charge in [0.15, 0.2) is 9.84 Å². The number of rotatable bonds is 5. The molecule has 0 aliphatic carbocycles. The first-order chi connectivity index (χ1) is 12.8. The Hall–Kier alpha value is -2.66. The maximum atomic E-state index is 11.7. The van der Waals surface area contributed by atoms with Crippen LogP contribution in [0.2, 0.25) is 5.02 Å². The Kier molecular flexibility index (Phi) is 5.33. The summed E-state index contributed by atoms with van der Waals surface area (Å²) in [5, 5.41) is 24.0. The van der Waals surface area contributed by atoms with Gasteiger partial charge in [-0.2, -0.15) is 10.4 Å². The van der Waals surface area contributed by atoms with Crippen molar-refractivity contribution in [2.75, 3.05) is 6.26 Å². The normalized spacial score (nSPS) is 11.3. The van der Waals surface area contributed by atoms with Gasteiger partial charge in [-0.05, 0) is 29.8 Å². The van der Waals surface area contributed by atoms with Crippen molar-refractivity contribution in [3.05, 3.63) is 59.2 Å². The monoisotopic (exact) mass is 401 g/mol. The van der Waals surface area contributed by atoms with Gasteiger partial charge < -0.3 is 5.11 Å². The average Bonchev–Trinajstić information content (AvgIpc) is 3.00. The van der Waals surface area contributed by atoms with E-state index in [2.05, 4.69) is 5.10 Å². The summed E-state index contributed by atoms with van der Waals surface area (Å²) in [5.41, 5.74) is 3.20. The number of aliphatic hydroxyl groups is 1. The van der Waals surface area contributed by atoms with Crippen molar-refractivity contribution in [3.8, 4) is 28.5 Å². The zero-order valence-corrected chi connectivity index (χ0v) is 16.0. The lowest BCUT2D eigenvalue weighted by atomic mass is 9.99. The fraction of sp³-hybridized carbons (Fsp3) is 0.158. The summed E-state index contributed by atoms with van der Waals surface area (Å²) in [6, 6.07) is 15.5. The highest BCUT2D eigenvalue weighted by Gasteiger charge is 2.20. The van der Waals surface area contributed by atoms with Gasteiger partial charge >= 0.3 is 0 Å². The topological polar surface area (TPSA) is 96.0 Å². The molecule has 0 radical (unpaired) electrons. The van der Waals surface area contributed by atoms with Crippen LogP contribution in [0.15, 0.2) is 53.4 Å². The van der Waals surface area contributed by atoms with E-state index in [0.717, 1.165) is 11.8 Å². The molecule has 2 aromatic carbocycles. The number of aromatic nitrogens is 2. The molecule has 3 rings (SSSR count). The second kappa shape index (κ2) is 7.53. The lowest BCUT2D eigenvalue weighted by Crippen LogP contribution is -2.04.